The lowest BCUT2D eigenvalue weighted by molar-refractivity contribution is 0.670. The van der Waals surface area contributed by atoms with Crippen molar-refractivity contribution in [1.29, 1.82) is 0 Å². The zero-order chi connectivity index (χ0) is 31.3. The van der Waals surface area contributed by atoms with E-state index in [1.807, 2.05) is 24.3 Å². The second-order valence-electron chi connectivity index (χ2n) is 12.6. The molecule has 0 amide bonds. The maximum absolute atomic E-state index is 6.47. The lowest BCUT2D eigenvalue weighted by atomic mass is 9.95. The van der Waals surface area contributed by atoms with E-state index in [4.69, 9.17) is 14.4 Å². The first-order valence-corrected chi connectivity index (χ1v) is 16.3. The van der Waals surface area contributed by atoms with E-state index in [1.165, 1.54) is 32.5 Å². The molecule has 0 bridgehead atoms. The third kappa shape index (κ3) is 3.49. The van der Waals surface area contributed by atoms with Crippen LogP contribution >= 0.6 is 0 Å². The van der Waals surface area contributed by atoms with Crippen molar-refractivity contribution in [3.05, 3.63) is 152 Å². The third-order valence-electron chi connectivity index (χ3n) is 9.95. The van der Waals surface area contributed by atoms with E-state index < -0.39 is 0 Å². The van der Waals surface area contributed by atoms with Crippen molar-refractivity contribution in [2.24, 2.45) is 0 Å². The van der Waals surface area contributed by atoms with E-state index >= 15 is 0 Å². The lowest BCUT2D eigenvalue weighted by Gasteiger charge is -2.13. The predicted molar refractivity (Wildman–Crippen MR) is 199 cm³/mol. The van der Waals surface area contributed by atoms with Gasteiger partial charge in [0.1, 0.15) is 16.7 Å². The number of hydrogen-bond donors (Lipinski definition) is 0. The minimum Gasteiger partial charge on any atom is -0.454 e. The van der Waals surface area contributed by atoms with Gasteiger partial charge in [0, 0.05) is 27.1 Å². The van der Waals surface area contributed by atoms with E-state index in [2.05, 4.69) is 132 Å². The fourth-order valence-electron chi connectivity index (χ4n) is 7.75. The van der Waals surface area contributed by atoms with Crippen molar-refractivity contribution in [2.75, 3.05) is 0 Å². The molecule has 0 aliphatic heterocycles. The van der Waals surface area contributed by atoms with Gasteiger partial charge in [0.15, 0.2) is 5.58 Å². The van der Waals surface area contributed by atoms with Crippen molar-refractivity contribution in [3.8, 4) is 22.3 Å². The molecular weight excluding hydrogens is 587 g/mol. The highest BCUT2D eigenvalue weighted by atomic mass is 16.3. The van der Waals surface area contributed by atoms with Crippen LogP contribution in [0.5, 0.6) is 0 Å². The van der Waals surface area contributed by atoms with Crippen molar-refractivity contribution in [2.45, 2.75) is 0 Å². The smallest absolute Gasteiger partial charge is 0.162 e. The number of rotatable bonds is 2. The normalized spacial score (nSPS) is 12.2. The quantitative estimate of drug-likeness (QED) is 0.183. The molecule has 4 aromatic heterocycles. The summed E-state index contributed by atoms with van der Waals surface area (Å²) in [5.74, 6) is 0. The maximum Gasteiger partial charge on any atom is 0.162 e. The molecule has 0 unspecified atom stereocenters. The monoisotopic (exact) mass is 611 g/mol. The first-order chi connectivity index (χ1) is 23.8. The lowest BCUT2D eigenvalue weighted by Crippen LogP contribution is -1.93. The standard InChI is InChI=1S/C44H25N3O/c1-2-10-30-27(9-1)21-23-31-34-25-29(22-24-37(34)47-38-15-7-6-14-36(38)46-44(47)41(30)31)26-17-19-28(20-18-26)40-32-11-3-5-13-35(32)45-42-33-12-4-8-16-39(33)48-43(40)42/h1-25H. The van der Waals surface area contributed by atoms with Gasteiger partial charge in [-0.1, -0.05) is 109 Å². The van der Waals surface area contributed by atoms with Crippen LogP contribution in [0.15, 0.2) is 156 Å². The van der Waals surface area contributed by atoms with Crippen molar-refractivity contribution in [3.63, 3.8) is 0 Å². The van der Waals surface area contributed by atoms with E-state index in [-0.39, 0.29) is 0 Å². The van der Waals surface area contributed by atoms with Crippen molar-refractivity contribution < 1.29 is 4.42 Å². The van der Waals surface area contributed by atoms with Gasteiger partial charge in [-0.15, -0.1) is 0 Å². The Labute approximate surface area is 274 Å². The highest BCUT2D eigenvalue weighted by Gasteiger charge is 2.19. The molecule has 0 saturated carbocycles. The van der Waals surface area contributed by atoms with Gasteiger partial charge in [-0.2, -0.15) is 0 Å². The minimum atomic E-state index is 0.823. The highest BCUT2D eigenvalue weighted by molar-refractivity contribution is 6.23. The molecule has 11 rings (SSSR count). The van der Waals surface area contributed by atoms with Crippen LogP contribution in [0.3, 0.4) is 0 Å². The van der Waals surface area contributed by atoms with Gasteiger partial charge in [-0.3, -0.25) is 4.40 Å². The second kappa shape index (κ2) is 9.50. The Bertz CT molecular complexity index is 3110. The summed E-state index contributed by atoms with van der Waals surface area (Å²) in [6.07, 6.45) is 0. The zero-order valence-corrected chi connectivity index (χ0v) is 25.7. The number of benzene rings is 7. The Hall–Kier alpha value is -6.52. The summed E-state index contributed by atoms with van der Waals surface area (Å²) in [5, 5.41) is 8.15. The molecule has 0 radical (unpaired) electrons. The van der Waals surface area contributed by atoms with Gasteiger partial charge >= 0.3 is 0 Å². The van der Waals surface area contributed by atoms with Crippen LogP contribution in [-0.2, 0) is 0 Å². The Morgan fingerprint density at radius 1 is 0.458 bits per heavy atom. The van der Waals surface area contributed by atoms with Crippen LogP contribution in [0, 0.1) is 0 Å². The average molecular weight is 612 g/mol. The number of nitrogens with zero attached hydrogens (tertiary/aromatic N) is 3. The van der Waals surface area contributed by atoms with Gasteiger partial charge in [0.25, 0.3) is 0 Å². The molecule has 0 N–H and O–H groups in total. The predicted octanol–water partition coefficient (Wildman–Crippen LogP) is 11.7. The molecule has 48 heavy (non-hydrogen) atoms. The fourth-order valence-corrected chi connectivity index (χ4v) is 7.75. The summed E-state index contributed by atoms with van der Waals surface area (Å²) in [5.41, 5.74) is 12.3. The molecule has 7 aromatic carbocycles. The average Bonchev–Trinajstić information content (AvgIpc) is 3.72. The van der Waals surface area contributed by atoms with Crippen LogP contribution in [0.1, 0.15) is 0 Å². The molecule has 11 aromatic rings. The largest absolute Gasteiger partial charge is 0.454 e. The summed E-state index contributed by atoms with van der Waals surface area (Å²) in [6.45, 7) is 0. The Balaban J connectivity index is 1.14. The molecule has 0 fully saturated rings. The first kappa shape index (κ1) is 25.6. The first-order valence-electron chi connectivity index (χ1n) is 16.3. The van der Waals surface area contributed by atoms with Crippen LogP contribution in [0.4, 0.5) is 0 Å². The summed E-state index contributed by atoms with van der Waals surface area (Å²) in [7, 11) is 0. The molecule has 0 atom stereocenters. The van der Waals surface area contributed by atoms with E-state index in [0.29, 0.717) is 0 Å². The van der Waals surface area contributed by atoms with Crippen molar-refractivity contribution >= 4 is 82.1 Å². The molecule has 0 aliphatic carbocycles. The zero-order valence-electron chi connectivity index (χ0n) is 25.7. The molecule has 0 saturated heterocycles. The third-order valence-corrected chi connectivity index (χ3v) is 9.95. The number of hydrogen-bond acceptors (Lipinski definition) is 3. The van der Waals surface area contributed by atoms with E-state index in [1.54, 1.807) is 0 Å². The van der Waals surface area contributed by atoms with Gasteiger partial charge in [0.05, 0.1) is 22.1 Å². The molecule has 222 valence electrons. The maximum atomic E-state index is 6.47. The van der Waals surface area contributed by atoms with E-state index in [9.17, 15) is 0 Å². The molecule has 0 aliphatic rings. The molecule has 4 nitrogen and oxygen atoms in total. The van der Waals surface area contributed by atoms with Crippen LogP contribution in [0.25, 0.3) is 104 Å². The Morgan fingerprint density at radius 3 is 2.06 bits per heavy atom. The summed E-state index contributed by atoms with van der Waals surface area (Å²) in [4.78, 5) is 10.2. The number of aromatic nitrogens is 3. The number of furan rings is 1. The Morgan fingerprint density at radius 2 is 1.17 bits per heavy atom. The second-order valence-corrected chi connectivity index (χ2v) is 12.6. The molecule has 4 heteroatoms. The van der Waals surface area contributed by atoms with Crippen LogP contribution in [-0.4, -0.2) is 14.4 Å². The topological polar surface area (TPSA) is 43.3 Å². The van der Waals surface area contributed by atoms with Gasteiger partial charge < -0.3 is 4.42 Å². The van der Waals surface area contributed by atoms with Gasteiger partial charge in [-0.05, 0) is 75.3 Å². The Kier molecular flexibility index (Phi) is 5.08. The molecule has 0 spiro atoms. The number of pyridine rings is 2. The SMILES string of the molecule is c1ccc2c(c1)ccc1c3cc(-c4ccc(-c5c6ccccc6nc6c5oc5ccccc56)cc4)ccc3n3c4ccccc4nc3c21. The summed E-state index contributed by atoms with van der Waals surface area (Å²) in [6, 6.07) is 53.7. The number of para-hydroxylation sites is 4. The molecule has 4 heterocycles. The number of fused-ring (bicyclic) bond motifs is 14. The number of imidazole rings is 1. The van der Waals surface area contributed by atoms with Crippen LogP contribution < -0.4 is 0 Å². The summed E-state index contributed by atoms with van der Waals surface area (Å²) >= 11 is 0. The highest BCUT2D eigenvalue weighted by Crippen LogP contribution is 2.41. The minimum absolute atomic E-state index is 0.823. The van der Waals surface area contributed by atoms with Crippen molar-refractivity contribution in [1.82, 2.24) is 14.4 Å². The van der Waals surface area contributed by atoms with E-state index in [0.717, 1.165) is 71.9 Å². The fraction of sp³-hybridized carbons (Fsp3) is 0. The molecular formula is C44H25N3O. The summed E-state index contributed by atoms with van der Waals surface area (Å²) < 4.78 is 8.80. The van der Waals surface area contributed by atoms with Gasteiger partial charge in [-0.25, -0.2) is 9.97 Å². The van der Waals surface area contributed by atoms with Gasteiger partial charge in [0.2, 0.25) is 0 Å². The van der Waals surface area contributed by atoms with Crippen LogP contribution in [0.2, 0.25) is 0 Å².